The number of phenols is 1. The van der Waals surface area contributed by atoms with Gasteiger partial charge in [0.15, 0.2) is 11.5 Å². The van der Waals surface area contributed by atoms with Gasteiger partial charge in [-0.2, -0.15) is 0 Å². The molecule has 194 valence electrons. The van der Waals surface area contributed by atoms with E-state index in [9.17, 15) is 14.7 Å². The average Bonchev–Trinajstić information content (AvgIpc) is 3.13. The number of aryl methyl sites for hydroxylation is 1. The van der Waals surface area contributed by atoms with Gasteiger partial charge in [0.1, 0.15) is 5.75 Å². The molecule has 1 amide bonds. The molecule has 4 rings (SSSR count). The lowest BCUT2D eigenvalue weighted by Crippen LogP contribution is -2.26. The second-order valence-electron chi connectivity index (χ2n) is 8.94. The Morgan fingerprint density at radius 3 is 2.38 bits per heavy atom. The molecule has 8 nitrogen and oxygen atoms in total. The topological polar surface area (TPSA) is 106 Å². The summed E-state index contributed by atoms with van der Waals surface area (Å²) in [6, 6.07) is 13.8. The van der Waals surface area contributed by atoms with Crippen LogP contribution in [0.4, 0.5) is 5.69 Å². The molecule has 3 aromatic carbocycles. The van der Waals surface area contributed by atoms with E-state index in [0.29, 0.717) is 48.7 Å². The van der Waals surface area contributed by atoms with E-state index < -0.39 is 0 Å². The van der Waals surface area contributed by atoms with E-state index in [0.717, 1.165) is 27.8 Å². The number of nitrogens with one attached hydrogen (secondary N) is 2. The number of amides is 1. The maximum absolute atomic E-state index is 13.3. The van der Waals surface area contributed by atoms with Gasteiger partial charge in [0, 0.05) is 19.0 Å². The van der Waals surface area contributed by atoms with Crippen molar-refractivity contribution in [1.29, 1.82) is 0 Å². The molecule has 3 aromatic rings. The van der Waals surface area contributed by atoms with Crippen LogP contribution < -0.4 is 30.3 Å². The van der Waals surface area contributed by atoms with Gasteiger partial charge in [-0.1, -0.05) is 18.2 Å². The van der Waals surface area contributed by atoms with Gasteiger partial charge in [0.2, 0.25) is 17.1 Å². The summed E-state index contributed by atoms with van der Waals surface area (Å²) >= 11 is 0. The van der Waals surface area contributed by atoms with E-state index in [1.54, 1.807) is 45.6 Å². The van der Waals surface area contributed by atoms with Gasteiger partial charge in [0.05, 0.1) is 33.1 Å². The molecule has 0 heterocycles. The minimum atomic E-state index is -0.355. The zero-order valence-corrected chi connectivity index (χ0v) is 21.5. The molecule has 0 saturated carbocycles. The van der Waals surface area contributed by atoms with Crippen molar-refractivity contribution in [2.45, 2.75) is 32.2 Å². The van der Waals surface area contributed by atoms with Crippen LogP contribution in [0.5, 0.6) is 23.0 Å². The van der Waals surface area contributed by atoms with Gasteiger partial charge in [-0.25, -0.2) is 0 Å². The van der Waals surface area contributed by atoms with Crippen LogP contribution in [0.15, 0.2) is 53.3 Å². The first-order chi connectivity index (χ1) is 17.9. The highest BCUT2D eigenvalue weighted by atomic mass is 16.5. The number of anilines is 1. The number of fused-ring (bicyclic) bond motifs is 3. The van der Waals surface area contributed by atoms with Crippen LogP contribution in [0.2, 0.25) is 0 Å². The quantitative estimate of drug-likeness (QED) is 0.422. The Morgan fingerprint density at radius 1 is 1.00 bits per heavy atom. The first-order valence-electron chi connectivity index (χ1n) is 12.2. The SMILES string of the molecule is COc1cc2c(c(OC)c1OC)-c1ccc(NCCc3ccc(O)cc3)c(=O)cc1[C@H](NC(C)=O)CC2. The molecule has 37 heavy (non-hydrogen) atoms. The number of hydrogen-bond acceptors (Lipinski definition) is 7. The van der Waals surface area contributed by atoms with Crippen LogP contribution in [0.25, 0.3) is 11.1 Å². The lowest BCUT2D eigenvalue weighted by atomic mass is 9.95. The number of carbonyl (C=O) groups excluding carboxylic acids is 1. The highest BCUT2D eigenvalue weighted by Gasteiger charge is 2.29. The fourth-order valence-electron chi connectivity index (χ4n) is 4.86. The predicted molar refractivity (Wildman–Crippen MR) is 143 cm³/mol. The summed E-state index contributed by atoms with van der Waals surface area (Å²) in [5.41, 5.74) is 4.61. The third-order valence-corrected chi connectivity index (χ3v) is 6.58. The van der Waals surface area contributed by atoms with Gasteiger partial charge in [-0.05, 0) is 71.8 Å². The molecule has 0 bridgehead atoms. The first-order valence-corrected chi connectivity index (χ1v) is 12.2. The van der Waals surface area contributed by atoms with Gasteiger partial charge in [0.25, 0.3) is 0 Å². The van der Waals surface area contributed by atoms with Crippen LogP contribution in [-0.4, -0.2) is 38.9 Å². The largest absolute Gasteiger partial charge is 0.508 e. The number of hydrogen-bond donors (Lipinski definition) is 3. The molecule has 1 aliphatic carbocycles. The molecule has 0 radical (unpaired) electrons. The normalized spacial score (nSPS) is 14.0. The summed E-state index contributed by atoms with van der Waals surface area (Å²) < 4.78 is 17.0. The number of aromatic hydroxyl groups is 1. The number of carbonyl (C=O) groups is 1. The fraction of sp³-hybridized carbons (Fsp3) is 0.310. The molecule has 0 fully saturated rings. The monoisotopic (exact) mass is 504 g/mol. The van der Waals surface area contributed by atoms with Crippen LogP contribution >= 0.6 is 0 Å². The average molecular weight is 505 g/mol. The highest BCUT2D eigenvalue weighted by molar-refractivity contribution is 5.83. The first kappa shape index (κ1) is 25.9. The van der Waals surface area contributed by atoms with Crippen molar-refractivity contribution in [3.8, 4) is 34.1 Å². The lowest BCUT2D eigenvalue weighted by Gasteiger charge is -2.19. The third kappa shape index (κ3) is 5.48. The molecule has 8 heteroatoms. The van der Waals surface area contributed by atoms with E-state index in [2.05, 4.69) is 10.6 Å². The van der Waals surface area contributed by atoms with Crippen LogP contribution in [-0.2, 0) is 17.6 Å². The Morgan fingerprint density at radius 2 is 1.73 bits per heavy atom. The zero-order chi connectivity index (χ0) is 26.5. The summed E-state index contributed by atoms with van der Waals surface area (Å²) in [6.07, 6.45) is 1.92. The van der Waals surface area contributed by atoms with Crippen molar-refractivity contribution in [3.63, 3.8) is 0 Å². The maximum Gasteiger partial charge on any atom is 0.217 e. The molecular weight excluding hydrogens is 472 g/mol. The number of phenolic OH excluding ortho intramolecular Hbond substituents is 1. The van der Waals surface area contributed by atoms with Crippen molar-refractivity contribution in [1.82, 2.24) is 5.32 Å². The molecule has 0 aliphatic heterocycles. The Kier molecular flexibility index (Phi) is 7.86. The molecule has 1 aliphatic rings. The van der Waals surface area contributed by atoms with Gasteiger partial charge in [-0.15, -0.1) is 0 Å². The van der Waals surface area contributed by atoms with E-state index in [4.69, 9.17) is 14.2 Å². The third-order valence-electron chi connectivity index (χ3n) is 6.58. The Bertz CT molecular complexity index is 1350. The minimum Gasteiger partial charge on any atom is -0.508 e. The number of ether oxygens (including phenoxy) is 3. The molecule has 0 spiro atoms. The number of rotatable bonds is 8. The molecule has 3 N–H and O–H groups in total. The second kappa shape index (κ2) is 11.2. The van der Waals surface area contributed by atoms with Gasteiger partial charge >= 0.3 is 0 Å². The number of methoxy groups -OCH3 is 3. The Hall–Kier alpha value is -4.20. The van der Waals surface area contributed by atoms with Crippen LogP contribution in [0.3, 0.4) is 0 Å². The zero-order valence-electron chi connectivity index (χ0n) is 21.5. The molecular formula is C29H32N2O6. The molecule has 0 saturated heterocycles. The van der Waals surface area contributed by atoms with E-state index in [1.165, 1.54) is 6.92 Å². The summed E-state index contributed by atoms with van der Waals surface area (Å²) in [7, 11) is 4.71. The van der Waals surface area contributed by atoms with Crippen molar-refractivity contribution in [2.75, 3.05) is 33.2 Å². The van der Waals surface area contributed by atoms with Crippen LogP contribution in [0, 0.1) is 0 Å². The van der Waals surface area contributed by atoms with Crippen molar-refractivity contribution >= 4 is 11.6 Å². The second-order valence-corrected chi connectivity index (χ2v) is 8.94. The van der Waals surface area contributed by atoms with Crippen molar-refractivity contribution in [2.24, 2.45) is 0 Å². The van der Waals surface area contributed by atoms with E-state index in [-0.39, 0.29) is 23.1 Å². The molecule has 0 aromatic heterocycles. The molecule has 1 atom stereocenters. The maximum atomic E-state index is 13.3. The number of benzene rings is 2. The van der Waals surface area contributed by atoms with Gasteiger partial charge in [-0.3, -0.25) is 9.59 Å². The fourth-order valence-corrected chi connectivity index (χ4v) is 4.86. The summed E-state index contributed by atoms with van der Waals surface area (Å²) in [5, 5.41) is 15.7. The Balaban J connectivity index is 1.81. The smallest absolute Gasteiger partial charge is 0.217 e. The highest BCUT2D eigenvalue weighted by Crippen LogP contribution is 2.50. The van der Waals surface area contributed by atoms with E-state index in [1.807, 2.05) is 24.3 Å². The summed E-state index contributed by atoms with van der Waals surface area (Å²) in [5.74, 6) is 1.58. The van der Waals surface area contributed by atoms with Gasteiger partial charge < -0.3 is 30.0 Å². The van der Waals surface area contributed by atoms with E-state index >= 15 is 0 Å². The predicted octanol–water partition coefficient (Wildman–Crippen LogP) is 4.22. The van der Waals surface area contributed by atoms with Crippen molar-refractivity contribution < 1.29 is 24.1 Å². The molecule has 0 unspecified atom stereocenters. The van der Waals surface area contributed by atoms with Crippen LogP contribution in [0.1, 0.15) is 36.1 Å². The minimum absolute atomic E-state index is 0.171. The lowest BCUT2D eigenvalue weighted by molar-refractivity contribution is -0.119. The van der Waals surface area contributed by atoms with Crippen molar-refractivity contribution in [3.05, 3.63) is 75.4 Å². The summed E-state index contributed by atoms with van der Waals surface area (Å²) in [4.78, 5) is 25.4. The Labute approximate surface area is 216 Å². The summed E-state index contributed by atoms with van der Waals surface area (Å²) in [6.45, 7) is 2.01. The standard InChI is InChI=1S/C29H32N2O6/c1-17(32)31-23-11-7-19-15-26(35-2)28(36-3)29(37-4)27(19)21-10-12-24(25(34)16-22(21)23)30-14-13-18-5-8-20(33)9-6-18/h5-6,8-10,12,15-16,23,33H,7,11,13-14H2,1-4H3,(H,30,34)(H,31,32)/t23-/m1/s1.